The lowest BCUT2D eigenvalue weighted by molar-refractivity contribution is -0.160. The number of esters is 1. The Balaban J connectivity index is 2.33. The summed E-state index contributed by atoms with van der Waals surface area (Å²) < 4.78 is 11.5. The molecule has 25 heavy (non-hydrogen) atoms. The highest BCUT2D eigenvalue weighted by atomic mass is 16.6. The highest BCUT2D eigenvalue weighted by molar-refractivity contribution is 5.76. The van der Waals surface area contributed by atoms with Gasteiger partial charge in [0, 0.05) is 5.56 Å². The van der Waals surface area contributed by atoms with Crippen LogP contribution in [0.2, 0.25) is 0 Å². The van der Waals surface area contributed by atoms with Crippen LogP contribution >= 0.6 is 0 Å². The first kappa shape index (κ1) is 19.7. The zero-order valence-electron chi connectivity index (χ0n) is 16.3. The van der Waals surface area contributed by atoms with Gasteiger partial charge in [-0.25, -0.2) is 0 Å². The minimum absolute atomic E-state index is 0.0140. The first-order chi connectivity index (χ1) is 11.4. The predicted octanol–water partition coefficient (Wildman–Crippen LogP) is 3.22. The topological polar surface area (TPSA) is 67.8 Å². The van der Waals surface area contributed by atoms with Gasteiger partial charge in [-0.3, -0.25) is 10.1 Å². The molecule has 0 saturated carbocycles. The zero-order valence-corrected chi connectivity index (χ0v) is 16.3. The van der Waals surface area contributed by atoms with E-state index in [9.17, 15) is 9.90 Å². The number of nitrogens with one attached hydrogen (secondary N) is 1. The van der Waals surface area contributed by atoms with E-state index in [0.717, 1.165) is 11.3 Å². The van der Waals surface area contributed by atoms with Crippen LogP contribution in [-0.2, 0) is 9.53 Å². The van der Waals surface area contributed by atoms with E-state index in [0.29, 0.717) is 0 Å². The molecule has 0 fully saturated rings. The Bertz CT molecular complexity index is 618. The minimum Gasteiger partial charge on any atom is -0.485 e. The Morgan fingerprint density at radius 2 is 1.88 bits per heavy atom. The largest absolute Gasteiger partial charge is 0.485 e. The minimum atomic E-state index is -0.800. The van der Waals surface area contributed by atoms with Crippen molar-refractivity contribution < 1.29 is 19.4 Å². The van der Waals surface area contributed by atoms with E-state index in [-0.39, 0.29) is 11.9 Å². The second-order valence-corrected chi connectivity index (χ2v) is 8.59. The van der Waals surface area contributed by atoms with Crippen LogP contribution in [0.15, 0.2) is 24.3 Å². The smallest absolute Gasteiger partial charge is 0.323 e. The molecule has 0 saturated heterocycles. The Hall–Kier alpha value is -1.59. The van der Waals surface area contributed by atoms with E-state index in [1.807, 2.05) is 72.7 Å². The molecule has 3 atom stereocenters. The third-order valence-corrected chi connectivity index (χ3v) is 4.34. The van der Waals surface area contributed by atoms with Crippen molar-refractivity contribution >= 4 is 5.97 Å². The zero-order chi connectivity index (χ0) is 19.0. The van der Waals surface area contributed by atoms with Crippen LogP contribution in [0.4, 0.5) is 0 Å². The number of aliphatic hydroxyl groups excluding tert-OH is 1. The fraction of sp³-hybridized carbons (Fsp3) is 0.650. The maximum Gasteiger partial charge on any atom is 0.323 e. The average Bonchev–Trinajstić information content (AvgIpc) is 2.45. The van der Waals surface area contributed by atoms with Crippen LogP contribution in [0, 0.1) is 5.92 Å². The maximum absolute atomic E-state index is 12.7. The lowest BCUT2D eigenvalue weighted by Gasteiger charge is -2.43. The van der Waals surface area contributed by atoms with E-state index in [1.54, 1.807) is 0 Å². The van der Waals surface area contributed by atoms with E-state index in [1.165, 1.54) is 0 Å². The molecule has 0 aromatic heterocycles. The molecule has 0 unspecified atom stereocenters. The lowest BCUT2D eigenvalue weighted by Crippen LogP contribution is -2.56. The molecule has 0 aliphatic carbocycles. The number of para-hydroxylation sites is 1. The summed E-state index contributed by atoms with van der Waals surface area (Å²) in [6.07, 6.45) is -0.800. The first-order valence-electron chi connectivity index (χ1n) is 8.87. The van der Waals surface area contributed by atoms with Crippen LogP contribution in [-0.4, -0.2) is 34.4 Å². The molecule has 1 aliphatic heterocycles. The third-order valence-electron chi connectivity index (χ3n) is 4.34. The van der Waals surface area contributed by atoms with Gasteiger partial charge in [-0.2, -0.15) is 0 Å². The van der Waals surface area contributed by atoms with Crippen LogP contribution in [0.1, 0.15) is 60.1 Å². The normalized spacial score (nSPS) is 23.6. The maximum atomic E-state index is 12.7. The number of hydrogen-bond donors (Lipinski definition) is 2. The summed E-state index contributed by atoms with van der Waals surface area (Å²) in [7, 11) is 0. The van der Waals surface area contributed by atoms with Crippen molar-refractivity contribution in [2.75, 3.05) is 0 Å². The molecule has 5 nitrogen and oxygen atoms in total. The van der Waals surface area contributed by atoms with Crippen LogP contribution in [0.25, 0.3) is 0 Å². The molecule has 140 valence electrons. The molecule has 1 aromatic rings. The Morgan fingerprint density at radius 3 is 2.44 bits per heavy atom. The molecule has 2 rings (SSSR count). The number of rotatable bonds is 4. The van der Waals surface area contributed by atoms with Crippen molar-refractivity contribution in [1.82, 2.24) is 5.32 Å². The van der Waals surface area contributed by atoms with Gasteiger partial charge < -0.3 is 14.6 Å². The number of aliphatic hydroxyl groups is 1. The number of benzene rings is 1. The van der Waals surface area contributed by atoms with Gasteiger partial charge in [-0.05, 0) is 46.6 Å². The number of fused-ring (bicyclic) bond motifs is 1. The molecule has 2 N–H and O–H groups in total. The average molecular weight is 349 g/mol. The fourth-order valence-electron chi connectivity index (χ4n) is 3.02. The molecule has 0 amide bonds. The Kier molecular flexibility index (Phi) is 5.50. The van der Waals surface area contributed by atoms with E-state index >= 15 is 0 Å². The second kappa shape index (κ2) is 6.96. The van der Waals surface area contributed by atoms with E-state index < -0.39 is 29.4 Å². The molecule has 1 aliphatic rings. The Labute approximate surface area is 150 Å². The van der Waals surface area contributed by atoms with Gasteiger partial charge >= 0.3 is 5.97 Å². The van der Waals surface area contributed by atoms with Crippen LogP contribution in [0.3, 0.4) is 0 Å². The van der Waals surface area contributed by atoms with Gasteiger partial charge in [0.05, 0.1) is 6.04 Å². The second-order valence-electron chi connectivity index (χ2n) is 8.59. The van der Waals surface area contributed by atoms with Crippen molar-refractivity contribution in [3.63, 3.8) is 0 Å². The predicted molar refractivity (Wildman–Crippen MR) is 97.5 cm³/mol. The Morgan fingerprint density at radius 1 is 1.28 bits per heavy atom. The summed E-state index contributed by atoms with van der Waals surface area (Å²) in [5, 5.41) is 14.2. The number of hydrogen-bond acceptors (Lipinski definition) is 5. The molecule has 1 heterocycles. The molecule has 5 heteroatoms. The monoisotopic (exact) mass is 349 g/mol. The summed E-state index contributed by atoms with van der Waals surface area (Å²) in [6, 6.07) is 6.66. The summed E-state index contributed by atoms with van der Waals surface area (Å²) in [5.74, 6) is 0.429. The van der Waals surface area contributed by atoms with E-state index in [4.69, 9.17) is 9.47 Å². The number of ether oxygens (including phenoxy) is 2. The van der Waals surface area contributed by atoms with Gasteiger partial charge in [0.15, 0.2) is 0 Å². The molecule has 0 radical (unpaired) electrons. The van der Waals surface area contributed by atoms with Crippen LogP contribution in [0.5, 0.6) is 5.75 Å². The van der Waals surface area contributed by atoms with Gasteiger partial charge in [0.1, 0.15) is 29.1 Å². The molecular formula is C20H31NO4. The van der Waals surface area contributed by atoms with Crippen LogP contribution < -0.4 is 10.1 Å². The highest BCUT2D eigenvalue weighted by Gasteiger charge is 2.44. The summed E-state index contributed by atoms with van der Waals surface area (Å²) in [5.41, 5.74) is -0.470. The van der Waals surface area contributed by atoms with Crippen molar-refractivity contribution in [1.29, 1.82) is 0 Å². The number of carbonyl (C=O) groups excluding carboxylic acids is 1. The summed E-state index contributed by atoms with van der Waals surface area (Å²) in [4.78, 5) is 12.7. The molecule has 0 bridgehead atoms. The third kappa shape index (κ3) is 4.53. The quantitative estimate of drug-likeness (QED) is 0.817. The SMILES string of the molecule is CC(C)[C@@H](N[C@H]1c2ccccc2OC(C)(C)[C@@H]1O)C(=O)OC(C)(C)C. The molecule has 0 spiro atoms. The lowest BCUT2D eigenvalue weighted by atomic mass is 9.85. The molecule has 1 aromatic carbocycles. The fourth-order valence-corrected chi connectivity index (χ4v) is 3.02. The van der Waals surface area contributed by atoms with Crippen molar-refractivity contribution in [2.24, 2.45) is 5.92 Å². The van der Waals surface area contributed by atoms with Gasteiger partial charge in [-0.15, -0.1) is 0 Å². The molecular weight excluding hydrogens is 318 g/mol. The van der Waals surface area contributed by atoms with Crippen molar-refractivity contribution in [3.05, 3.63) is 29.8 Å². The van der Waals surface area contributed by atoms with Gasteiger partial charge in [-0.1, -0.05) is 32.0 Å². The summed E-state index contributed by atoms with van der Waals surface area (Å²) in [6.45, 7) is 13.2. The van der Waals surface area contributed by atoms with Gasteiger partial charge in [0.2, 0.25) is 0 Å². The first-order valence-corrected chi connectivity index (χ1v) is 8.87. The number of carbonyl (C=O) groups is 1. The summed E-state index contributed by atoms with van der Waals surface area (Å²) >= 11 is 0. The van der Waals surface area contributed by atoms with Gasteiger partial charge in [0.25, 0.3) is 0 Å². The highest BCUT2D eigenvalue weighted by Crippen LogP contribution is 2.40. The standard InChI is InChI=1S/C20H31NO4/c1-12(2)15(18(23)25-19(3,4)5)21-16-13-10-8-9-11-14(13)24-20(6,7)17(16)22/h8-12,15-17,21-22H,1-7H3/t15-,16+,17-/m1/s1. The van der Waals surface area contributed by atoms with Crippen molar-refractivity contribution in [2.45, 2.75) is 77.9 Å². The van der Waals surface area contributed by atoms with E-state index in [2.05, 4.69) is 5.32 Å². The van der Waals surface area contributed by atoms with Crippen molar-refractivity contribution in [3.8, 4) is 5.75 Å².